The molecule has 0 unspecified atom stereocenters. The SMILES string of the molecule is CC(C)OC(=O)N1CCC(COc2ccc(N3CC[C@H](c4cc(F)ccc4F)[C@@H](N)C3)cc2)CC1. The Bertz CT molecular complexity index is 994. The van der Waals surface area contributed by atoms with E-state index in [1.165, 1.54) is 12.1 Å². The number of hydrogen-bond donors (Lipinski definition) is 1. The Balaban J connectivity index is 1.25. The van der Waals surface area contributed by atoms with E-state index in [4.69, 9.17) is 15.2 Å². The van der Waals surface area contributed by atoms with Crippen LogP contribution in [-0.2, 0) is 4.74 Å². The molecule has 2 heterocycles. The molecule has 8 heteroatoms. The first-order valence-corrected chi connectivity index (χ1v) is 12.4. The molecule has 190 valence electrons. The van der Waals surface area contributed by atoms with Gasteiger partial charge < -0.3 is 25.0 Å². The van der Waals surface area contributed by atoms with Crippen molar-refractivity contribution in [2.24, 2.45) is 11.7 Å². The number of halogens is 2. The maximum atomic E-state index is 14.2. The minimum atomic E-state index is -0.439. The fourth-order valence-corrected chi connectivity index (χ4v) is 4.93. The maximum Gasteiger partial charge on any atom is 0.410 e. The quantitative estimate of drug-likeness (QED) is 0.626. The average Bonchev–Trinajstić information content (AvgIpc) is 2.84. The second-order valence-electron chi connectivity index (χ2n) is 9.84. The van der Waals surface area contributed by atoms with Crippen LogP contribution in [0, 0.1) is 17.6 Å². The molecule has 0 saturated carbocycles. The summed E-state index contributed by atoms with van der Waals surface area (Å²) in [6.07, 6.45) is 2.10. The molecule has 0 aromatic heterocycles. The van der Waals surface area contributed by atoms with Gasteiger partial charge in [0.15, 0.2) is 0 Å². The van der Waals surface area contributed by atoms with Gasteiger partial charge in [-0.15, -0.1) is 0 Å². The van der Waals surface area contributed by atoms with E-state index in [1.54, 1.807) is 4.90 Å². The third-order valence-corrected chi connectivity index (χ3v) is 6.91. The zero-order valence-corrected chi connectivity index (χ0v) is 20.5. The molecule has 2 fully saturated rings. The molecule has 2 aliphatic rings. The number of likely N-dealkylation sites (tertiary alicyclic amines) is 1. The Morgan fingerprint density at radius 1 is 1.06 bits per heavy atom. The van der Waals surface area contributed by atoms with Crippen molar-refractivity contribution in [3.05, 3.63) is 59.7 Å². The highest BCUT2D eigenvalue weighted by Crippen LogP contribution is 2.32. The Hall–Kier alpha value is -2.87. The van der Waals surface area contributed by atoms with Gasteiger partial charge in [0.1, 0.15) is 17.4 Å². The first-order chi connectivity index (χ1) is 16.8. The lowest BCUT2D eigenvalue weighted by Gasteiger charge is -2.38. The van der Waals surface area contributed by atoms with Crippen LogP contribution in [0.1, 0.15) is 44.6 Å². The van der Waals surface area contributed by atoms with Crippen LogP contribution < -0.4 is 15.4 Å². The van der Waals surface area contributed by atoms with Crippen molar-refractivity contribution < 1.29 is 23.0 Å². The van der Waals surface area contributed by atoms with Gasteiger partial charge in [-0.1, -0.05) is 0 Å². The average molecular weight is 488 g/mol. The molecular formula is C27H35F2N3O3. The highest BCUT2D eigenvalue weighted by Gasteiger charge is 2.30. The smallest absolute Gasteiger partial charge is 0.410 e. The van der Waals surface area contributed by atoms with Crippen LogP contribution in [0.15, 0.2) is 42.5 Å². The summed E-state index contributed by atoms with van der Waals surface area (Å²) in [5.74, 6) is 0.159. The molecule has 4 rings (SSSR count). The van der Waals surface area contributed by atoms with Crippen molar-refractivity contribution >= 4 is 11.8 Å². The van der Waals surface area contributed by atoms with Crippen LogP contribution in [0.5, 0.6) is 5.75 Å². The summed E-state index contributed by atoms with van der Waals surface area (Å²) in [5.41, 5.74) is 7.78. The number of hydrogen-bond acceptors (Lipinski definition) is 5. The van der Waals surface area contributed by atoms with E-state index < -0.39 is 11.6 Å². The third kappa shape index (κ3) is 6.42. The number of carbonyl (C=O) groups is 1. The van der Waals surface area contributed by atoms with E-state index in [-0.39, 0.29) is 24.2 Å². The van der Waals surface area contributed by atoms with E-state index in [0.29, 0.717) is 50.7 Å². The van der Waals surface area contributed by atoms with Crippen molar-refractivity contribution in [2.75, 3.05) is 37.7 Å². The number of rotatable bonds is 6. The molecule has 2 aromatic carbocycles. The van der Waals surface area contributed by atoms with Crippen LogP contribution in [0.4, 0.5) is 19.3 Å². The molecule has 0 bridgehead atoms. The number of nitrogens with zero attached hydrogens (tertiary/aromatic N) is 2. The predicted octanol–water partition coefficient (Wildman–Crippen LogP) is 4.92. The Morgan fingerprint density at radius 3 is 2.43 bits per heavy atom. The standard InChI is InChI=1S/C27H35F2N3O3/c1-18(2)35-27(33)31-12-9-19(10-13-31)17-34-22-6-4-21(5-7-22)32-14-11-23(26(30)16-32)24-15-20(28)3-8-25(24)29/h3-8,15,18-19,23,26H,9-14,16-17,30H2,1-2H3/t23-,26+/m1/s1. The van der Waals surface area contributed by atoms with Crippen LogP contribution in [-0.4, -0.2) is 55.9 Å². The summed E-state index contributed by atoms with van der Waals surface area (Å²) in [6.45, 7) is 6.98. The zero-order chi connectivity index (χ0) is 24.9. The second kappa shape index (κ2) is 11.2. The van der Waals surface area contributed by atoms with Gasteiger partial charge in [-0.2, -0.15) is 0 Å². The van der Waals surface area contributed by atoms with Crippen LogP contribution >= 0.6 is 0 Å². The topological polar surface area (TPSA) is 68.0 Å². The molecule has 0 radical (unpaired) electrons. The minimum Gasteiger partial charge on any atom is -0.493 e. The number of ether oxygens (including phenoxy) is 2. The lowest BCUT2D eigenvalue weighted by Crippen LogP contribution is -2.47. The monoisotopic (exact) mass is 487 g/mol. The Kier molecular flexibility index (Phi) is 8.11. The number of carbonyl (C=O) groups excluding carboxylic acids is 1. The van der Waals surface area contributed by atoms with Crippen LogP contribution in [0.2, 0.25) is 0 Å². The first-order valence-electron chi connectivity index (χ1n) is 12.4. The number of benzene rings is 2. The highest BCUT2D eigenvalue weighted by molar-refractivity contribution is 5.67. The maximum absolute atomic E-state index is 14.2. The summed E-state index contributed by atoms with van der Waals surface area (Å²) < 4.78 is 39.1. The largest absolute Gasteiger partial charge is 0.493 e. The molecule has 2 atom stereocenters. The van der Waals surface area contributed by atoms with E-state index in [0.717, 1.165) is 30.3 Å². The van der Waals surface area contributed by atoms with Crippen molar-refractivity contribution in [1.29, 1.82) is 0 Å². The predicted molar refractivity (Wildman–Crippen MR) is 132 cm³/mol. The molecule has 0 spiro atoms. The Morgan fingerprint density at radius 2 is 1.77 bits per heavy atom. The minimum absolute atomic E-state index is 0.106. The molecule has 2 aromatic rings. The van der Waals surface area contributed by atoms with Gasteiger partial charge in [-0.25, -0.2) is 13.6 Å². The molecule has 2 aliphatic heterocycles. The molecule has 35 heavy (non-hydrogen) atoms. The fourth-order valence-electron chi connectivity index (χ4n) is 4.93. The third-order valence-electron chi connectivity index (χ3n) is 6.91. The van der Waals surface area contributed by atoms with Gasteiger partial charge in [0.25, 0.3) is 0 Å². The lowest BCUT2D eigenvalue weighted by atomic mass is 9.85. The first kappa shape index (κ1) is 25.2. The van der Waals surface area contributed by atoms with Crippen LogP contribution in [0.3, 0.4) is 0 Å². The van der Waals surface area contributed by atoms with Crippen molar-refractivity contribution in [3.63, 3.8) is 0 Å². The van der Waals surface area contributed by atoms with E-state index >= 15 is 0 Å². The van der Waals surface area contributed by atoms with Crippen molar-refractivity contribution in [3.8, 4) is 5.75 Å². The Labute approximate surface area is 206 Å². The molecule has 2 N–H and O–H groups in total. The number of anilines is 1. The molecular weight excluding hydrogens is 452 g/mol. The summed E-state index contributed by atoms with van der Waals surface area (Å²) in [4.78, 5) is 16.0. The molecule has 6 nitrogen and oxygen atoms in total. The van der Waals surface area contributed by atoms with Gasteiger partial charge in [0, 0.05) is 43.8 Å². The molecule has 2 saturated heterocycles. The van der Waals surface area contributed by atoms with Crippen molar-refractivity contribution in [1.82, 2.24) is 4.90 Å². The van der Waals surface area contributed by atoms with E-state index in [2.05, 4.69) is 4.90 Å². The zero-order valence-electron chi connectivity index (χ0n) is 20.5. The summed E-state index contributed by atoms with van der Waals surface area (Å²) in [7, 11) is 0. The molecule has 1 amide bonds. The summed E-state index contributed by atoms with van der Waals surface area (Å²) in [5, 5.41) is 0. The van der Waals surface area contributed by atoms with Gasteiger partial charge in [-0.3, -0.25) is 0 Å². The van der Waals surface area contributed by atoms with Gasteiger partial charge in [0.05, 0.1) is 12.7 Å². The summed E-state index contributed by atoms with van der Waals surface area (Å²) in [6, 6.07) is 11.2. The normalized spacial score (nSPS) is 21.3. The fraction of sp³-hybridized carbons (Fsp3) is 0.519. The lowest BCUT2D eigenvalue weighted by molar-refractivity contribution is 0.0608. The van der Waals surface area contributed by atoms with Gasteiger partial charge in [0.2, 0.25) is 0 Å². The van der Waals surface area contributed by atoms with Gasteiger partial charge in [-0.05, 0) is 87.1 Å². The molecule has 0 aliphatic carbocycles. The number of amides is 1. The van der Waals surface area contributed by atoms with Crippen LogP contribution in [0.25, 0.3) is 0 Å². The van der Waals surface area contributed by atoms with E-state index in [9.17, 15) is 13.6 Å². The number of piperidine rings is 2. The number of nitrogens with two attached hydrogens (primary N) is 1. The van der Waals surface area contributed by atoms with Gasteiger partial charge >= 0.3 is 6.09 Å². The highest BCUT2D eigenvalue weighted by atomic mass is 19.1. The summed E-state index contributed by atoms with van der Waals surface area (Å²) >= 11 is 0. The van der Waals surface area contributed by atoms with E-state index in [1.807, 2.05) is 38.1 Å². The second-order valence-corrected chi connectivity index (χ2v) is 9.84. The van der Waals surface area contributed by atoms with Crippen molar-refractivity contribution in [2.45, 2.75) is 51.2 Å².